The molecule has 1 heterocycles. The van der Waals surface area contributed by atoms with E-state index in [-0.39, 0.29) is 16.3 Å². The minimum absolute atomic E-state index is 0.0152. The van der Waals surface area contributed by atoms with Crippen molar-refractivity contribution in [1.82, 2.24) is 0 Å². The first kappa shape index (κ1) is 14.3. The van der Waals surface area contributed by atoms with E-state index in [1.165, 1.54) is 4.46 Å². The Balaban J connectivity index is 1.63. The summed E-state index contributed by atoms with van der Waals surface area (Å²) in [6.07, 6.45) is 0.413. The Morgan fingerprint density at radius 2 is 1.86 bits per heavy atom. The van der Waals surface area contributed by atoms with Gasteiger partial charge in [-0.25, -0.2) is 0 Å². The maximum absolute atomic E-state index is 10.2. The Bertz CT molecular complexity index is 658. The molecule has 3 nitrogen and oxygen atoms in total. The standard InChI is InChI=1S/C18H18O3Se/c1-20-13-9-7-12(8-10-13)16-18(11-15(18)17(19)21-16)22-14-5-3-2-4-6-14/h2-10,15-17,19H,11H2,1H3/t15-,16-,17+,18+/m1/s1. The second-order valence-corrected chi connectivity index (χ2v) is 8.87. The van der Waals surface area contributed by atoms with Crippen molar-refractivity contribution in [3.05, 3.63) is 60.2 Å². The van der Waals surface area contributed by atoms with Crippen LogP contribution in [0.2, 0.25) is 4.31 Å². The molecule has 4 heteroatoms. The van der Waals surface area contributed by atoms with Crippen molar-refractivity contribution >= 4 is 19.4 Å². The van der Waals surface area contributed by atoms with Crippen molar-refractivity contribution in [3.63, 3.8) is 0 Å². The first-order valence-corrected chi connectivity index (χ1v) is 9.16. The monoisotopic (exact) mass is 362 g/mol. The van der Waals surface area contributed by atoms with Gasteiger partial charge in [0, 0.05) is 0 Å². The van der Waals surface area contributed by atoms with E-state index < -0.39 is 6.29 Å². The topological polar surface area (TPSA) is 38.7 Å². The van der Waals surface area contributed by atoms with E-state index in [1.807, 2.05) is 18.2 Å². The zero-order chi connectivity index (χ0) is 15.2. The van der Waals surface area contributed by atoms with E-state index >= 15 is 0 Å². The van der Waals surface area contributed by atoms with Crippen LogP contribution in [-0.2, 0) is 4.74 Å². The molecular formula is C18H18O3Se. The van der Waals surface area contributed by atoms with Gasteiger partial charge in [-0.15, -0.1) is 0 Å². The summed E-state index contributed by atoms with van der Waals surface area (Å²) in [5, 5.41) is 10.2. The van der Waals surface area contributed by atoms with Gasteiger partial charge in [0.05, 0.1) is 0 Å². The summed E-state index contributed by atoms with van der Waals surface area (Å²) in [5.74, 6) is 1.12. The molecule has 4 atom stereocenters. The van der Waals surface area contributed by atoms with Crippen molar-refractivity contribution < 1.29 is 14.6 Å². The SMILES string of the molecule is COc1ccc([C@H]2O[C@H](O)[C@H]3C[C@@]23[Se]c2ccccc2)cc1. The van der Waals surface area contributed by atoms with Crippen molar-refractivity contribution in [2.45, 2.75) is 23.1 Å². The minimum atomic E-state index is -0.627. The molecule has 2 aromatic rings. The van der Waals surface area contributed by atoms with Gasteiger partial charge >= 0.3 is 136 Å². The summed E-state index contributed by atoms with van der Waals surface area (Å²) in [4.78, 5) is 0. The molecule has 2 aliphatic rings. The molecule has 1 saturated carbocycles. The van der Waals surface area contributed by atoms with Gasteiger partial charge in [-0.2, -0.15) is 0 Å². The molecule has 0 unspecified atom stereocenters. The van der Waals surface area contributed by atoms with E-state index in [0.717, 1.165) is 17.7 Å². The molecule has 0 bridgehead atoms. The zero-order valence-corrected chi connectivity index (χ0v) is 14.0. The Kier molecular flexibility index (Phi) is 3.50. The number of benzene rings is 2. The van der Waals surface area contributed by atoms with E-state index in [9.17, 15) is 5.11 Å². The van der Waals surface area contributed by atoms with Crippen molar-refractivity contribution in [3.8, 4) is 5.75 Å². The van der Waals surface area contributed by atoms with Crippen LogP contribution in [-0.4, -0.2) is 33.5 Å². The normalized spacial score (nSPS) is 32.5. The van der Waals surface area contributed by atoms with Crippen LogP contribution in [0.15, 0.2) is 54.6 Å². The number of aliphatic hydroxyl groups excluding tert-OH is 1. The Labute approximate surface area is 136 Å². The number of hydrogen-bond donors (Lipinski definition) is 1. The number of hydrogen-bond acceptors (Lipinski definition) is 3. The number of rotatable bonds is 4. The van der Waals surface area contributed by atoms with E-state index in [1.54, 1.807) is 7.11 Å². The maximum atomic E-state index is 10.2. The van der Waals surface area contributed by atoms with Crippen LogP contribution < -0.4 is 9.20 Å². The molecule has 0 radical (unpaired) electrons. The average Bonchev–Trinajstić information content (AvgIpc) is 3.22. The second kappa shape index (κ2) is 5.39. The zero-order valence-electron chi connectivity index (χ0n) is 12.3. The molecule has 1 aliphatic heterocycles. The summed E-state index contributed by atoms with van der Waals surface area (Å²) >= 11 is 0.293. The van der Waals surface area contributed by atoms with Crippen LogP contribution in [0.3, 0.4) is 0 Å². The van der Waals surface area contributed by atoms with Crippen molar-refractivity contribution in [2.75, 3.05) is 7.11 Å². The van der Waals surface area contributed by atoms with Crippen molar-refractivity contribution in [1.29, 1.82) is 0 Å². The van der Waals surface area contributed by atoms with Crippen LogP contribution >= 0.6 is 0 Å². The average molecular weight is 361 g/mol. The van der Waals surface area contributed by atoms with Gasteiger partial charge in [-0.1, -0.05) is 0 Å². The van der Waals surface area contributed by atoms with Gasteiger partial charge in [-0.3, -0.25) is 0 Å². The third-order valence-electron chi connectivity index (χ3n) is 4.54. The Hall–Kier alpha value is -1.32. The van der Waals surface area contributed by atoms with Crippen LogP contribution in [0.1, 0.15) is 18.1 Å². The van der Waals surface area contributed by atoms with Gasteiger partial charge in [0.2, 0.25) is 0 Å². The molecule has 1 saturated heterocycles. The summed E-state index contributed by atoms with van der Waals surface area (Å²) < 4.78 is 12.6. The molecule has 1 N–H and O–H groups in total. The summed E-state index contributed by atoms with van der Waals surface area (Å²) in [6.45, 7) is 0. The molecule has 2 aromatic carbocycles. The fraction of sp³-hybridized carbons (Fsp3) is 0.333. The predicted octanol–water partition coefficient (Wildman–Crippen LogP) is 2.29. The van der Waals surface area contributed by atoms with E-state index in [4.69, 9.17) is 9.47 Å². The Morgan fingerprint density at radius 3 is 2.50 bits per heavy atom. The third kappa shape index (κ3) is 2.27. The first-order chi connectivity index (χ1) is 10.7. The number of methoxy groups -OCH3 is 1. The molecule has 0 spiro atoms. The van der Waals surface area contributed by atoms with Crippen LogP contribution in [0, 0.1) is 5.92 Å². The summed E-state index contributed by atoms with van der Waals surface area (Å²) in [6, 6.07) is 18.6. The van der Waals surface area contributed by atoms with Crippen molar-refractivity contribution in [2.24, 2.45) is 5.92 Å². The first-order valence-electron chi connectivity index (χ1n) is 7.44. The number of fused-ring (bicyclic) bond motifs is 1. The second-order valence-electron chi connectivity index (χ2n) is 5.86. The van der Waals surface area contributed by atoms with Crippen LogP contribution in [0.25, 0.3) is 0 Å². The fourth-order valence-corrected chi connectivity index (χ4v) is 6.57. The molecule has 22 heavy (non-hydrogen) atoms. The molecular weight excluding hydrogens is 343 g/mol. The predicted molar refractivity (Wildman–Crippen MR) is 85.5 cm³/mol. The summed E-state index contributed by atoms with van der Waals surface area (Å²) in [7, 11) is 1.67. The molecule has 0 amide bonds. The molecule has 2 fully saturated rings. The van der Waals surface area contributed by atoms with Gasteiger partial charge in [0.15, 0.2) is 0 Å². The number of aliphatic hydroxyl groups is 1. The number of ether oxygens (including phenoxy) is 2. The van der Waals surface area contributed by atoms with Gasteiger partial charge < -0.3 is 0 Å². The van der Waals surface area contributed by atoms with E-state index in [2.05, 4.69) is 36.4 Å². The molecule has 1 aliphatic carbocycles. The van der Waals surface area contributed by atoms with E-state index in [0.29, 0.717) is 15.0 Å². The molecule has 114 valence electrons. The quantitative estimate of drug-likeness (QED) is 0.850. The Morgan fingerprint density at radius 1 is 1.14 bits per heavy atom. The molecule has 4 rings (SSSR count). The summed E-state index contributed by atoms with van der Waals surface area (Å²) in [5.41, 5.74) is 1.14. The van der Waals surface area contributed by atoms with Gasteiger partial charge in [0.25, 0.3) is 0 Å². The third-order valence-corrected chi connectivity index (χ3v) is 7.84. The fourth-order valence-electron chi connectivity index (χ4n) is 3.30. The molecule has 0 aromatic heterocycles. The van der Waals surface area contributed by atoms with Crippen LogP contribution in [0.4, 0.5) is 0 Å². The van der Waals surface area contributed by atoms with Gasteiger partial charge in [0.1, 0.15) is 0 Å². The van der Waals surface area contributed by atoms with Gasteiger partial charge in [-0.05, 0) is 0 Å². The van der Waals surface area contributed by atoms with Crippen LogP contribution in [0.5, 0.6) is 5.75 Å².